The zero-order valence-electron chi connectivity index (χ0n) is 49.3. The lowest BCUT2D eigenvalue weighted by molar-refractivity contribution is -0.141. The van der Waals surface area contributed by atoms with Crippen LogP contribution in [-0.4, -0.2) is 183 Å². The second kappa shape index (κ2) is 35.1. The Bertz CT molecular complexity index is 3030. The molecule has 27 nitrogen and oxygen atoms in total. The van der Waals surface area contributed by atoms with Crippen LogP contribution in [0.15, 0.2) is 48.7 Å². The number of ether oxygens (including phenoxy) is 2. The average molecular weight is 1380 g/mol. The van der Waals surface area contributed by atoms with Crippen molar-refractivity contribution in [2.75, 3.05) is 51.8 Å². The highest BCUT2D eigenvalue weighted by atomic mass is 127. The number of hydrogen-bond donors (Lipinski definition) is 10. The Morgan fingerprint density at radius 2 is 1.63 bits per heavy atom. The molecular formula is C58H77F2IN14O13S. The number of carbonyl (C=O) groups excluding carboxylic acids is 9. The highest BCUT2D eigenvalue weighted by molar-refractivity contribution is 14.1. The van der Waals surface area contributed by atoms with Gasteiger partial charge in [-0.25, -0.2) is 13.5 Å². The summed E-state index contributed by atoms with van der Waals surface area (Å²) >= 11 is 6.31. The number of nitriles is 1. The van der Waals surface area contributed by atoms with Gasteiger partial charge in [0.15, 0.2) is 0 Å². The molecule has 0 bridgehead atoms. The minimum absolute atomic E-state index is 0.0527. The molecule has 3 aliphatic heterocycles. The third kappa shape index (κ3) is 23.2. The molecule has 0 aliphatic carbocycles. The molecule has 0 spiro atoms. The second-order valence-electron chi connectivity index (χ2n) is 22.1. The number of carbonyl (C=O) groups is 10. The number of halogens is 3. The molecule has 484 valence electrons. The Balaban J connectivity index is 0.889. The van der Waals surface area contributed by atoms with Crippen molar-refractivity contribution in [3.8, 4) is 6.07 Å². The van der Waals surface area contributed by atoms with E-state index in [1.807, 2.05) is 42.5 Å². The molecule has 3 aromatic rings. The number of carboxylic acids is 1. The Kier molecular flexibility index (Phi) is 27.9. The first kappa shape index (κ1) is 70.7. The van der Waals surface area contributed by atoms with E-state index in [0.717, 1.165) is 37.1 Å². The van der Waals surface area contributed by atoms with Gasteiger partial charge in [-0.2, -0.15) is 17.9 Å². The number of aryl methyl sites for hydroxylation is 1. The number of thiol groups is 1. The first-order valence-electron chi connectivity index (χ1n) is 29.3. The van der Waals surface area contributed by atoms with Crippen LogP contribution in [0.4, 0.5) is 8.78 Å². The molecule has 31 heteroatoms. The van der Waals surface area contributed by atoms with E-state index in [0.29, 0.717) is 51.0 Å². The summed E-state index contributed by atoms with van der Waals surface area (Å²) in [5.41, 5.74) is 10.3. The molecule has 4 heterocycles. The summed E-state index contributed by atoms with van der Waals surface area (Å²) < 4.78 is 42.2. The van der Waals surface area contributed by atoms with E-state index in [-0.39, 0.29) is 89.2 Å². The molecule has 7 atom stereocenters. The van der Waals surface area contributed by atoms with Crippen LogP contribution in [0.2, 0.25) is 0 Å². The Morgan fingerprint density at radius 3 is 2.37 bits per heavy atom. The maximum absolute atomic E-state index is 14.0. The molecule has 2 saturated heterocycles. The van der Waals surface area contributed by atoms with E-state index >= 15 is 0 Å². The van der Waals surface area contributed by atoms with Crippen LogP contribution in [0.3, 0.4) is 0 Å². The number of carboxylic acid groups (broad SMARTS) is 1. The highest BCUT2D eigenvalue weighted by Crippen LogP contribution is 2.34. The van der Waals surface area contributed by atoms with E-state index < -0.39 is 121 Å². The van der Waals surface area contributed by atoms with E-state index in [1.165, 1.54) is 0 Å². The summed E-state index contributed by atoms with van der Waals surface area (Å²) in [6.45, 7) is 2.23. The molecule has 2 fully saturated rings. The fourth-order valence-electron chi connectivity index (χ4n) is 10.1. The van der Waals surface area contributed by atoms with Crippen molar-refractivity contribution in [1.29, 1.82) is 5.26 Å². The Hall–Kier alpha value is -7.41. The standard InChI is InChI=1S/C58H77F2IN14O13S/c1-35(33-89)67-56(85)46(24-52(80)81)69-54(83)44(63)27-66-49(77)15-16-50(78)68-45(9-2-3-17-64-48(76)10-4-6-36-11-13-40(61)14-12-36)55(84)65-18-19-87-20-21-88-32-41-30-74(72-71-41)29-38-8-5-7-37-28-73(31-43(37)38)51(79)23-39-22-47(70-53(39)82)57(86)75-34-58(59,60)25-42(75)26-62/h5,7-8,11-14,30,35,39,42,44-47,89H,2-4,6,9-10,15-25,27-29,31-34,63H2,1H3,(H,64,76)(H,65,84)(H,66,77)(H,67,85)(H,68,78)(H,69,83)(H,70,82)(H,80,81)/t35?,39-,42-,44-,45?,46-,47-/m0/s1. The van der Waals surface area contributed by atoms with Gasteiger partial charge in [-0.05, 0) is 102 Å². The largest absolute Gasteiger partial charge is 0.481 e. The van der Waals surface area contributed by atoms with Gasteiger partial charge in [-0.15, -0.1) is 5.10 Å². The van der Waals surface area contributed by atoms with Crippen molar-refractivity contribution >= 4 is 94.4 Å². The first-order valence-corrected chi connectivity index (χ1v) is 31.1. The number of aliphatic carboxylic acids is 1. The number of likely N-dealkylation sites (tertiary alicyclic amines) is 1. The fraction of sp³-hybridized carbons (Fsp3) is 0.569. The zero-order valence-corrected chi connectivity index (χ0v) is 52.4. The summed E-state index contributed by atoms with van der Waals surface area (Å²) in [7, 11) is 0. The van der Waals surface area contributed by atoms with E-state index in [2.05, 4.69) is 82.7 Å². The van der Waals surface area contributed by atoms with Crippen LogP contribution >= 0.6 is 35.2 Å². The minimum Gasteiger partial charge on any atom is -0.481 e. The van der Waals surface area contributed by atoms with Crippen molar-refractivity contribution in [3.05, 3.63) is 80.2 Å². The summed E-state index contributed by atoms with van der Waals surface area (Å²) in [5, 5.41) is 45.2. The fourth-order valence-corrected chi connectivity index (χ4v) is 10.6. The molecule has 9 amide bonds. The second-order valence-corrected chi connectivity index (χ2v) is 23.8. The van der Waals surface area contributed by atoms with E-state index in [9.17, 15) is 67.1 Å². The van der Waals surface area contributed by atoms with Gasteiger partial charge in [0.25, 0.3) is 5.92 Å². The maximum Gasteiger partial charge on any atom is 0.305 e. The lowest BCUT2D eigenvalue weighted by Crippen LogP contribution is -2.55. The summed E-state index contributed by atoms with van der Waals surface area (Å²) in [5.74, 6) is -10.2. The Morgan fingerprint density at radius 1 is 0.888 bits per heavy atom. The van der Waals surface area contributed by atoms with Gasteiger partial charge >= 0.3 is 5.97 Å². The van der Waals surface area contributed by atoms with Gasteiger partial charge in [-0.3, -0.25) is 47.9 Å². The number of amides is 9. The van der Waals surface area contributed by atoms with Crippen LogP contribution in [0.5, 0.6) is 0 Å². The van der Waals surface area contributed by atoms with Gasteiger partial charge in [0.2, 0.25) is 53.2 Å². The van der Waals surface area contributed by atoms with Crippen molar-refractivity contribution in [1.82, 2.24) is 62.0 Å². The molecule has 2 unspecified atom stereocenters. The molecule has 89 heavy (non-hydrogen) atoms. The van der Waals surface area contributed by atoms with Crippen LogP contribution in [-0.2, 0) is 90.1 Å². The van der Waals surface area contributed by atoms with E-state index in [4.69, 9.17) is 15.2 Å². The number of unbranched alkanes of at least 4 members (excludes halogenated alkanes) is 1. The molecule has 3 aliphatic rings. The van der Waals surface area contributed by atoms with Crippen molar-refractivity contribution in [3.63, 3.8) is 0 Å². The molecule has 0 radical (unpaired) electrons. The minimum atomic E-state index is -3.20. The predicted octanol–water partition coefficient (Wildman–Crippen LogP) is 0.489. The van der Waals surface area contributed by atoms with E-state index in [1.54, 1.807) is 28.8 Å². The molecule has 0 saturated carbocycles. The number of nitrogens with zero attached hydrogens (tertiary/aromatic N) is 6. The lowest BCUT2D eigenvalue weighted by Gasteiger charge is -2.22. The number of rotatable bonds is 36. The molecule has 2 aromatic carbocycles. The summed E-state index contributed by atoms with van der Waals surface area (Å²) in [6, 6.07) is 8.88. The highest BCUT2D eigenvalue weighted by Gasteiger charge is 2.50. The molecular weight excluding hydrogens is 1300 g/mol. The van der Waals surface area contributed by atoms with Crippen LogP contribution in [0.1, 0.15) is 106 Å². The number of fused-ring (bicyclic) bond motifs is 1. The third-order valence-electron chi connectivity index (χ3n) is 14.9. The summed E-state index contributed by atoms with van der Waals surface area (Å²) in [6.07, 6.45) is 2.28. The van der Waals surface area contributed by atoms with Gasteiger partial charge in [0.05, 0.1) is 58.2 Å². The molecule has 1 aromatic heterocycles. The number of hydrogen-bond acceptors (Lipinski definition) is 17. The monoisotopic (exact) mass is 1370 g/mol. The quantitative estimate of drug-likeness (QED) is 0.0215. The van der Waals surface area contributed by atoms with Crippen LogP contribution in [0.25, 0.3) is 0 Å². The van der Waals surface area contributed by atoms with Crippen LogP contribution in [0, 0.1) is 20.8 Å². The maximum atomic E-state index is 14.0. The summed E-state index contributed by atoms with van der Waals surface area (Å²) in [4.78, 5) is 130. The van der Waals surface area contributed by atoms with Crippen LogP contribution < -0.4 is 43.0 Å². The number of nitrogens with one attached hydrogen (secondary N) is 7. The molecule has 10 N–H and O–H groups in total. The number of benzene rings is 2. The number of aromatic nitrogens is 3. The van der Waals surface area contributed by atoms with Gasteiger partial charge in [-0.1, -0.05) is 35.5 Å². The Labute approximate surface area is 532 Å². The van der Waals surface area contributed by atoms with Crippen molar-refractivity contribution < 1.29 is 71.3 Å². The van der Waals surface area contributed by atoms with Crippen molar-refractivity contribution in [2.24, 2.45) is 11.7 Å². The smallest absolute Gasteiger partial charge is 0.305 e. The number of alkyl halides is 2. The van der Waals surface area contributed by atoms with Gasteiger partial charge in [0, 0.05) is 86.1 Å². The predicted molar refractivity (Wildman–Crippen MR) is 325 cm³/mol. The molecule has 6 rings (SSSR count). The SMILES string of the molecule is CC(CS)NC(=O)[C@H](CC(=O)O)NC(=O)[C@@H](N)CNC(=O)CCC(=O)NC(CCCCNC(=O)CCCc1ccc(I)cc1)C(=O)NCCOCCOCc1cn(Cc2cccc3c2CN(C(=O)C[C@@H]2C[C@@H](C(=O)N4CC(F)(F)C[C@H]4C#N)NC2=O)C3)nn1. The zero-order chi connectivity index (χ0) is 64.6. The lowest BCUT2D eigenvalue weighted by atomic mass is 9.99. The van der Waals surface area contributed by atoms with Crippen molar-refractivity contribution in [2.45, 2.75) is 152 Å². The average Bonchev–Trinajstić information content (AvgIpc) is 1.73. The first-order chi connectivity index (χ1) is 42.5. The van der Waals surface area contributed by atoms with Gasteiger partial charge in [0.1, 0.15) is 35.9 Å². The topological polar surface area (TPSA) is 381 Å². The van der Waals surface area contributed by atoms with Gasteiger partial charge < -0.3 is 67.3 Å². The third-order valence-corrected chi connectivity index (χ3v) is 16.2. The normalized spacial score (nSPS) is 17.9. The number of nitrogens with two attached hydrogens (primary N) is 1.